The van der Waals surface area contributed by atoms with Crippen molar-refractivity contribution in [3.05, 3.63) is 35.9 Å². The van der Waals surface area contributed by atoms with E-state index in [1.165, 1.54) is 44.1 Å². The van der Waals surface area contributed by atoms with Crippen molar-refractivity contribution in [3.63, 3.8) is 0 Å². The van der Waals surface area contributed by atoms with Crippen molar-refractivity contribution in [1.82, 2.24) is 4.90 Å². The van der Waals surface area contributed by atoms with E-state index in [1.807, 2.05) is 0 Å². The Hall–Kier alpha value is -0.820. The highest BCUT2D eigenvalue weighted by Crippen LogP contribution is 2.08. The van der Waals surface area contributed by atoms with Gasteiger partial charge in [0.2, 0.25) is 0 Å². The molecule has 0 aliphatic carbocycles. The van der Waals surface area contributed by atoms with Crippen molar-refractivity contribution >= 4 is 0 Å². The van der Waals surface area contributed by atoms with Gasteiger partial charge < -0.3 is 4.90 Å². The van der Waals surface area contributed by atoms with Crippen LogP contribution in [0.1, 0.15) is 58.4 Å². The first kappa shape index (κ1) is 18.2. The molecular formula is C18H33N. The molecule has 0 aliphatic rings. The number of nitrogens with zero attached hydrogens (tertiary/aromatic N) is 1. The molecule has 0 amide bonds. The van der Waals surface area contributed by atoms with Crippen LogP contribution in [0.15, 0.2) is 30.3 Å². The molecule has 110 valence electrons. The number of benzene rings is 1. The molecule has 0 saturated heterocycles. The Bertz CT molecular complexity index is 264. The summed E-state index contributed by atoms with van der Waals surface area (Å²) in [6.45, 7) is 8.90. The molecule has 1 nitrogen and oxygen atoms in total. The van der Waals surface area contributed by atoms with Gasteiger partial charge in [-0.1, -0.05) is 76.8 Å². The fraction of sp³-hybridized carbons (Fsp3) is 0.667. The smallest absolute Gasteiger partial charge is 0.00504 e. The molecule has 19 heavy (non-hydrogen) atoms. The van der Waals surface area contributed by atoms with E-state index in [-0.39, 0.29) is 0 Å². The van der Waals surface area contributed by atoms with Crippen LogP contribution in [0.2, 0.25) is 0 Å². The van der Waals surface area contributed by atoms with E-state index >= 15 is 0 Å². The summed E-state index contributed by atoms with van der Waals surface area (Å²) in [4.78, 5) is 2.25. The molecule has 0 bridgehead atoms. The molecule has 1 aromatic carbocycles. The monoisotopic (exact) mass is 263 g/mol. The molecule has 1 aromatic rings. The van der Waals surface area contributed by atoms with E-state index in [1.54, 1.807) is 0 Å². The van der Waals surface area contributed by atoms with Crippen LogP contribution >= 0.6 is 0 Å². The predicted octanol–water partition coefficient (Wildman–Crippen LogP) is 5.16. The van der Waals surface area contributed by atoms with Crippen LogP contribution in [-0.4, -0.2) is 25.0 Å². The van der Waals surface area contributed by atoms with Crippen LogP contribution in [0.3, 0.4) is 0 Å². The minimum absolute atomic E-state index is 1.16. The average molecular weight is 263 g/mol. The van der Waals surface area contributed by atoms with Gasteiger partial charge in [-0.25, -0.2) is 0 Å². The largest absolute Gasteiger partial charge is 0.307 e. The van der Waals surface area contributed by atoms with Crippen molar-refractivity contribution in [2.24, 2.45) is 0 Å². The van der Waals surface area contributed by atoms with Gasteiger partial charge in [0.05, 0.1) is 0 Å². The van der Waals surface area contributed by atoms with E-state index < -0.39 is 0 Å². The standard InChI is InChI=1S/C13H20.C5H13N/c1-2-3-4-5-7-10-13-11-8-6-9-12-13;1-4-6(3)5-2/h6,8-9,11-12H,2-5,7,10H2,1H3;4-5H2,1-3H3. The van der Waals surface area contributed by atoms with Crippen LogP contribution in [0.4, 0.5) is 0 Å². The molecule has 0 radical (unpaired) electrons. The first-order valence-electron chi connectivity index (χ1n) is 7.97. The minimum Gasteiger partial charge on any atom is -0.307 e. The maximum Gasteiger partial charge on any atom is -0.00504 e. The van der Waals surface area contributed by atoms with Crippen LogP contribution in [-0.2, 0) is 6.42 Å². The molecule has 1 heteroatoms. The zero-order valence-electron chi connectivity index (χ0n) is 13.5. The predicted molar refractivity (Wildman–Crippen MR) is 87.8 cm³/mol. The second-order valence-corrected chi connectivity index (χ2v) is 5.14. The lowest BCUT2D eigenvalue weighted by Gasteiger charge is -2.07. The summed E-state index contributed by atoms with van der Waals surface area (Å²) in [6, 6.07) is 10.8. The topological polar surface area (TPSA) is 3.24 Å². The lowest BCUT2D eigenvalue weighted by molar-refractivity contribution is 0.373. The van der Waals surface area contributed by atoms with E-state index in [4.69, 9.17) is 0 Å². The van der Waals surface area contributed by atoms with Gasteiger partial charge in [0.15, 0.2) is 0 Å². The molecule has 0 spiro atoms. The van der Waals surface area contributed by atoms with E-state index in [2.05, 4.69) is 63.1 Å². The Morgan fingerprint density at radius 2 is 1.37 bits per heavy atom. The second-order valence-electron chi connectivity index (χ2n) is 5.14. The third-order valence-electron chi connectivity index (χ3n) is 3.49. The first-order valence-corrected chi connectivity index (χ1v) is 7.97. The van der Waals surface area contributed by atoms with E-state index in [0.29, 0.717) is 0 Å². The fourth-order valence-corrected chi connectivity index (χ4v) is 1.80. The molecular weight excluding hydrogens is 230 g/mol. The van der Waals surface area contributed by atoms with Crippen LogP contribution in [0.5, 0.6) is 0 Å². The van der Waals surface area contributed by atoms with Gasteiger partial charge in [-0.05, 0) is 38.5 Å². The molecule has 0 aliphatic heterocycles. The molecule has 0 saturated carbocycles. The van der Waals surface area contributed by atoms with Crippen molar-refractivity contribution in [2.75, 3.05) is 20.1 Å². The van der Waals surface area contributed by atoms with Gasteiger partial charge >= 0.3 is 0 Å². The summed E-state index contributed by atoms with van der Waals surface area (Å²) in [6.07, 6.45) is 8.14. The molecule has 0 heterocycles. The van der Waals surface area contributed by atoms with E-state index in [0.717, 1.165) is 13.1 Å². The number of unbranched alkanes of at least 4 members (excludes halogenated alkanes) is 4. The van der Waals surface area contributed by atoms with Gasteiger partial charge in [0.1, 0.15) is 0 Å². The highest BCUT2D eigenvalue weighted by atomic mass is 15.1. The van der Waals surface area contributed by atoms with Gasteiger partial charge in [-0.15, -0.1) is 0 Å². The Balaban J connectivity index is 0.000000459. The summed E-state index contributed by atoms with van der Waals surface area (Å²) in [5, 5.41) is 0. The third kappa shape index (κ3) is 12.0. The summed E-state index contributed by atoms with van der Waals surface area (Å²) >= 11 is 0. The number of hydrogen-bond acceptors (Lipinski definition) is 1. The van der Waals surface area contributed by atoms with Crippen molar-refractivity contribution in [2.45, 2.75) is 59.3 Å². The molecule has 0 N–H and O–H groups in total. The first-order chi connectivity index (χ1) is 9.24. The van der Waals surface area contributed by atoms with Gasteiger partial charge in [0.25, 0.3) is 0 Å². The molecule has 0 atom stereocenters. The SMILES string of the molecule is CCCCCCCc1ccccc1.CCN(C)CC. The Kier molecular flexibility index (Phi) is 13.0. The summed E-state index contributed by atoms with van der Waals surface area (Å²) < 4.78 is 0. The third-order valence-corrected chi connectivity index (χ3v) is 3.49. The molecule has 0 fully saturated rings. The van der Waals surface area contributed by atoms with Crippen molar-refractivity contribution in [3.8, 4) is 0 Å². The van der Waals surface area contributed by atoms with Crippen LogP contribution < -0.4 is 0 Å². The Morgan fingerprint density at radius 3 is 1.84 bits per heavy atom. The Labute approximate surface area is 121 Å². The summed E-state index contributed by atoms with van der Waals surface area (Å²) in [7, 11) is 2.11. The molecule has 0 unspecified atom stereocenters. The highest BCUT2D eigenvalue weighted by molar-refractivity contribution is 5.14. The van der Waals surface area contributed by atoms with Gasteiger partial charge in [0, 0.05) is 0 Å². The lowest BCUT2D eigenvalue weighted by atomic mass is 10.1. The quantitative estimate of drug-likeness (QED) is 0.586. The van der Waals surface area contributed by atoms with Crippen molar-refractivity contribution in [1.29, 1.82) is 0 Å². The normalized spacial score (nSPS) is 10.2. The fourth-order valence-electron chi connectivity index (χ4n) is 1.80. The number of rotatable bonds is 8. The minimum atomic E-state index is 1.16. The summed E-state index contributed by atoms with van der Waals surface area (Å²) in [5.74, 6) is 0. The number of aryl methyl sites for hydroxylation is 1. The van der Waals surface area contributed by atoms with Gasteiger partial charge in [-0.3, -0.25) is 0 Å². The van der Waals surface area contributed by atoms with Gasteiger partial charge in [-0.2, -0.15) is 0 Å². The zero-order valence-corrected chi connectivity index (χ0v) is 13.5. The summed E-state index contributed by atoms with van der Waals surface area (Å²) in [5.41, 5.74) is 1.49. The highest BCUT2D eigenvalue weighted by Gasteiger charge is 1.91. The maximum absolute atomic E-state index is 2.26. The van der Waals surface area contributed by atoms with Crippen molar-refractivity contribution < 1.29 is 0 Å². The lowest BCUT2D eigenvalue weighted by Crippen LogP contribution is -2.15. The van der Waals surface area contributed by atoms with E-state index in [9.17, 15) is 0 Å². The van der Waals surface area contributed by atoms with Crippen LogP contribution in [0.25, 0.3) is 0 Å². The average Bonchev–Trinajstić information content (AvgIpc) is 2.48. The molecule has 1 rings (SSSR count). The second kappa shape index (κ2) is 13.6. The Morgan fingerprint density at radius 1 is 0.789 bits per heavy atom. The van der Waals surface area contributed by atoms with Crippen LogP contribution in [0, 0.1) is 0 Å². The zero-order chi connectivity index (χ0) is 14.3. The molecule has 0 aromatic heterocycles. The maximum atomic E-state index is 2.26. The number of hydrogen-bond donors (Lipinski definition) is 0.